The molecule has 0 radical (unpaired) electrons. The van der Waals surface area contributed by atoms with Crippen LogP contribution in [0.25, 0.3) is 6.08 Å². The fraction of sp³-hybridized carbons (Fsp3) is 0.143. The summed E-state index contributed by atoms with van der Waals surface area (Å²) in [6.45, 7) is 0. The van der Waals surface area contributed by atoms with E-state index in [1.54, 1.807) is 0 Å². The Morgan fingerprint density at radius 2 is 2.42 bits per heavy atom. The number of imidazole rings is 1. The van der Waals surface area contributed by atoms with Crippen molar-refractivity contribution in [3.63, 3.8) is 0 Å². The number of nitrogens with one attached hydrogen (secondary N) is 3. The minimum absolute atomic E-state index is 0.211. The van der Waals surface area contributed by atoms with Gasteiger partial charge in [0.05, 0.1) is 5.69 Å². The van der Waals surface area contributed by atoms with Gasteiger partial charge in [-0.3, -0.25) is 4.79 Å². The van der Waals surface area contributed by atoms with Crippen LogP contribution >= 0.6 is 0 Å². The Kier molecular flexibility index (Phi) is 2.47. The van der Waals surface area contributed by atoms with Crippen molar-refractivity contribution in [2.45, 2.75) is 0 Å². The second kappa shape index (κ2) is 3.56. The summed E-state index contributed by atoms with van der Waals surface area (Å²) in [4.78, 5) is 26.1. The molecule has 0 atom stereocenters. The minimum Gasteiger partial charge on any atom is -0.356 e. The highest BCUT2D eigenvalue weighted by atomic mass is 16.1. The van der Waals surface area contributed by atoms with Crippen molar-refractivity contribution in [2.75, 3.05) is 7.05 Å². The van der Waals surface area contributed by atoms with Gasteiger partial charge in [0.25, 0.3) is 0 Å². The molecule has 0 fully saturated rings. The molecule has 0 unspecified atom stereocenters. The average molecular weight is 167 g/mol. The number of aromatic amines is 2. The van der Waals surface area contributed by atoms with E-state index in [1.807, 2.05) is 0 Å². The number of likely N-dealkylation sites (N-methyl/N-ethyl adjacent to an activating group) is 1. The molecular formula is C7H9N3O2. The monoisotopic (exact) mass is 167 g/mol. The fourth-order valence-corrected chi connectivity index (χ4v) is 0.685. The van der Waals surface area contributed by atoms with E-state index >= 15 is 0 Å². The zero-order chi connectivity index (χ0) is 8.97. The molecule has 0 bridgehead atoms. The van der Waals surface area contributed by atoms with Gasteiger partial charge in [-0.25, -0.2) is 4.79 Å². The van der Waals surface area contributed by atoms with Crippen LogP contribution in [0, 0.1) is 0 Å². The van der Waals surface area contributed by atoms with Crippen molar-refractivity contribution in [1.29, 1.82) is 0 Å². The molecule has 64 valence electrons. The maximum Gasteiger partial charge on any atom is 0.323 e. The second-order valence-corrected chi connectivity index (χ2v) is 2.15. The summed E-state index contributed by atoms with van der Waals surface area (Å²) in [6, 6.07) is 0. The first-order chi connectivity index (χ1) is 5.72. The van der Waals surface area contributed by atoms with Gasteiger partial charge in [0, 0.05) is 19.3 Å². The van der Waals surface area contributed by atoms with Crippen molar-refractivity contribution in [3.05, 3.63) is 28.5 Å². The third-order valence-corrected chi connectivity index (χ3v) is 1.28. The molecule has 0 aliphatic rings. The lowest BCUT2D eigenvalue weighted by molar-refractivity contribution is -0.115. The number of carbonyl (C=O) groups is 1. The molecule has 3 N–H and O–H groups in total. The summed E-state index contributed by atoms with van der Waals surface area (Å²) < 4.78 is 0. The van der Waals surface area contributed by atoms with Gasteiger partial charge in [-0.2, -0.15) is 0 Å². The molecule has 0 spiro atoms. The van der Waals surface area contributed by atoms with E-state index in [-0.39, 0.29) is 11.6 Å². The van der Waals surface area contributed by atoms with E-state index in [4.69, 9.17) is 0 Å². The highest BCUT2D eigenvalue weighted by molar-refractivity contribution is 5.91. The molecular weight excluding hydrogens is 158 g/mol. The van der Waals surface area contributed by atoms with Crippen LogP contribution in [0.3, 0.4) is 0 Å². The van der Waals surface area contributed by atoms with Gasteiger partial charge in [-0.1, -0.05) is 0 Å². The van der Waals surface area contributed by atoms with Crippen LogP contribution in [0.2, 0.25) is 0 Å². The molecule has 0 aromatic carbocycles. The lowest BCUT2D eigenvalue weighted by Crippen LogP contribution is -2.13. The van der Waals surface area contributed by atoms with Crippen LogP contribution < -0.4 is 11.0 Å². The van der Waals surface area contributed by atoms with Crippen LogP contribution in [0.1, 0.15) is 5.69 Å². The first-order valence-corrected chi connectivity index (χ1v) is 3.40. The van der Waals surface area contributed by atoms with Gasteiger partial charge in [0.15, 0.2) is 0 Å². The van der Waals surface area contributed by atoms with Crippen molar-refractivity contribution < 1.29 is 4.79 Å². The Hall–Kier alpha value is -1.78. The van der Waals surface area contributed by atoms with Gasteiger partial charge in [0.1, 0.15) is 0 Å². The zero-order valence-electron chi connectivity index (χ0n) is 6.55. The maximum absolute atomic E-state index is 10.7. The third-order valence-electron chi connectivity index (χ3n) is 1.28. The molecule has 0 saturated heterocycles. The predicted molar refractivity (Wildman–Crippen MR) is 44.5 cm³/mol. The summed E-state index contributed by atoms with van der Waals surface area (Å²) in [5.74, 6) is -0.211. The van der Waals surface area contributed by atoms with Gasteiger partial charge < -0.3 is 15.3 Å². The summed E-state index contributed by atoms with van der Waals surface area (Å²) in [5, 5.41) is 2.41. The van der Waals surface area contributed by atoms with E-state index in [0.717, 1.165) is 0 Å². The van der Waals surface area contributed by atoms with Crippen LogP contribution in [0.15, 0.2) is 17.1 Å². The number of carbonyl (C=O) groups excluding carboxylic acids is 1. The standard InChI is InChI=1S/C7H9N3O2/c1-8-6(11)3-2-5-4-9-7(12)10-5/h2-4H,1H3,(H,8,11)(H2,9,10,12)/b3-2+. The van der Waals surface area contributed by atoms with Crippen LogP contribution in [0.5, 0.6) is 0 Å². The number of amides is 1. The van der Waals surface area contributed by atoms with Gasteiger partial charge in [0.2, 0.25) is 5.91 Å². The van der Waals surface area contributed by atoms with Gasteiger partial charge in [-0.15, -0.1) is 0 Å². The summed E-state index contributed by atoms with van der Waals surface area (Å²) >= 11 is 0. The molecule has 1 heterocycles. The molecule has 0 aliphatic heterocycles. The fourth-order valence-electron chi connectivity index (χ4n) is 0.685. The molecule has 1 aromatic heterocycles. The van der Waals surface area contributed by atoms with Crippen molar-refractivity contribution in [2.24, 2.45) is 0 Å². The third kappa shape index (κ3) is 2.12. The minimum atomic E-state index is -0.286. The normalized spacial score (nSPS) is 10.4. The van der Waals surface area contributed by atoms with E-state index in [1.165, 1.54) is 25.4 Å². The number of hydrogen-bond donors (Lipinski definition) is 3. The Bertz CT molecular complexity index is 348. The number of hydrogen-bond acceptors (Lipinski definition) is 2. The van der Waals surface area contributed by atoms with E-state index in [0.29, 0.717) is 5.69 Å². The van der Waals surface area contributed by atoms with Crippen LogP contribution in [-0.4, -0.2) is 22.9 Å². The van der Waals surface area contributed by atoms with Gasteiger partial charge in [-0.05, 0) is 6.08 Å². The van der Waals surface area contributed by atoms with Crippen molar-refractivity contribution in [3.8, 4) is 0 Å². The lowest BCUT2D eigenvalue weighted by atomic mass is 10.4. The summed E-state index contributed by atoms with van der Waals surface area (Å²) in [7, 11) is 1.53. The smallest absolute Gasteiger partial charge is 0.323 e. The Labute approximate surface area is 68.5 Å². The van der Waals surface area contributed by atoms with Crippen LogP contribution in [0.4, 0.5) is 0 Å². The van der Waals surface area contributed by atoms with E-state index in [2.05, 4.69) is 15.3 Å². The molecule has 1 aromatic rings. The van der Waals surface area contributed by atoms with E-state index < -0.39 is 0 Å². The van der Waals surface area contributed by atoms with Crippen molar-refractivity contribution in [1.82, 2.24) is 15.3 Å². The zero-order valence-corrected chi connectivity index (χ0v) is 6.55. The topological polar surface area (TPSA) is 77.8 Å². The molecule has 1 amide bonds. The Balaban J connectivity index is 2.69. The predicted octanol–water partition coefficient (Wildman–Crippen LogP) is -0.538. The maximum atomic E-state index is 10.7. The summed E-state index contributed by atoms with van der Waals surface area (Å²) in [6.07, 6.45) is 4.33. The molecule has 0 aliphatic carbocycles. The van der Waals surface area contributed by atoms with Crippen LogP contribution in [-0.2, 0) is 4.79 Å². The number of rotatable bonds is 2. The SMILES string of the molecule is CNC(=O)/C=C/c1c[nH]c(=O)[nH]1. The Morgan fingerprint density at radius 3 is 2.92 bits per heavy atom. The first kappa shape index (κ1) is 8.32. The highest BCUT2D eigenvalue weighted by Gasteiger charge is 1.91. The molecule has 0 saturated carbocycles. The molecule has 5 nitrogen and oxygen atoms in total. The lowest BCUT2D eigenvalue weighted by Gasteiger charge is -1.87. The number of aromatic nitrogens is 2. The molecule has 5 heteroatoms. The highest BCUT2D eigenvalue weighted by Crippen LogP contribution is 1.90. The molecule has 1 rings (SSSR count). The number of H-pyrrole nitrogens is 2. The quantitative estimate of drug-likeness (QED) is 0.517. The largest absolute Gasteiger partial charge is 0.356 e. The van der Waals surface area contributed by atoms with E-state index in [9.17, 15) is 9.59 Å². The van der Waals surface area contributed by atoms with Crippen molar-refractivity contribution >= 4 is 12.0 Å². The van der Waals surface area contributed by atoms with Gasteiger partial charge >= 0.3 is 5.69 Å². The second-order valence-electron chi connectivity index (χ2n) is 2.15. The average Bonchev–Trinajstić information content (AvgIpc) is 2.47. The summed E-state index contributed by atoms with van der Waals surface area (Å²) in [5.41, 5.74) is 0.287. The molecule has 12 heavy (non-hydrogen) atoms. The first-order valence-electron chi connectivity index (χ1n) is 3.40. The Morgan fingerprint density at radius 1 is 1.67 bits per heavy atom.